The van der Waals surface area contributed by atoms with Gasteiger partial charge in [0.2, 0.25) is 0 Å². The smallest absolute Gasteiger partial charge is 0.170 e. The van der Waals surface area contributed by atoms with Gasteiger partial charge in [-0.1, -0.05) is 131 Å². The Balaban J connectivity index is 1.12. The number of amidine groups is 2. The van der Waals surface area contributed by atoms with Crippen molar-refractivity contribution in [2.75, 3.05) is 0 Å². The molecule has 49 heavy (non-hydrogen) atoms. The zero-order valence-corrected chi connectivity index (χ0v) is 28.4. The Morgan fingerprint density at radius 2 is 1.16 bits per heavy atom. The van der Waals surface area contributed by atoms with E-state index in [-0.39, 0.29) is 10.8 Å². The van der Waals surface area contributed by atoms with Crippen LogP contribution in [0.1, 0.15) is 74.5 Å². The van der Waals surface area contributed by atoms with E-state index in [0.717, 1.165) is 50.3 Å². The summed E-state index contributed by atoms with van der Waals surface area (Å²) in [6.45, 7) is 9.56. The van der Waals surface area contributed by atoms with E-state index in [1.54, 1.807) is 0 Å². The van der Waals surface area contributed by atoms with Gasteiger partial charge in [-0.3, -0.25) is 0 Å². The van der Waals surface area contributed by atoms with Crippen LogP contribution in [0.25, 0.3) is 43.8 Å². The molecular weight excluding hydrogens is 599 g/mol. The molecule has 2 aliphatic rings. The maximum Gasteiger partial charge on any atom is 0.170 e. The molecule has 7 aromatic rings. The maximum absolute atomic E-state index is 6.23. The Morgan fingerprint density at radius 1 is 0.551 bits per heavy atom. The molecule has 0 fully saturated rings. The van der Waals surface area contributed by atoms with Crippen molar-refractivity contribution < 1.29 is 4.42 Å². The van der Waals surface area contributed by atoms with E-state index in [0.29, 0.717) is 0 Å². The van der Waals surface area contributed by atoms with Crippen molar-refractivity contribution in [1.29, 1.82) is 0 Å². The van der Waals surface area contributed by atoms with Crippen LogP contribution >= 0.6 is 0 Å². The Morgan fingerprint density at radius 3 is 1.96 bits per heavy atom. The van der Waals surface area contributed by atoms with Crippen LogP contribution in [0.4, 0.5) is 0 Å². The minimum absolute atomic E-state index is 0.177. The summed E-state index contributed by atoms with van der Waals surface area (Å²) in [7, 11) is 0. The molecule has 9 rings (SSSR count). The van der Waals surface area contributed by atoms with Crippen LogP contribution in [0.15, 0.2) is 142 Å². The highest BCUT2D eigenvalue weighted by atomic mass is 16.3. The highest BCUT2D eigenvalue weighted by Gasteiger charge is 2.37. The monoisotopic (exact) mass is 637 g/mol. The lowest BCUT2D eigenvalue weighted by Crippen LogP contribution is -2.36. The van der Waals surface area contributed by atoms with Crippen molar-refractivity contribution in [2.24, 2.45) is 9.98 Å². The molecule has 1 aliphatic heterocycles. The fraction of sp³-hybridized carbons (Fsp3) is 0.200. The number of aliphatic imine (C=N–C) groups is 2. The first kappa shape index (κ1) is 29.6. The molecule has 1 aliphatic carbocycles. The third-order valence-corrected chi connectivity index (χ3v) is 10.8. The lowest BCUT2D eigenvalue weighted by atomic mass is 9.63. The molecule has 0 radical (unpaired) electrons. The number of hydrogen-bond donors (Lipinski definition) is 1. The number of nitrogens with zero attached hydrogens (tertiary/aromatic N) is 2. The zero-order chi connectivity index (χ0) is 33.3. The highest BCUT2D eigenvalue weighted by Crippen LogP contribution is 2.47. The standard InChI is InChI=1S/C45H39N3O/c1-44(2)23-24-45(3,4)37-27-32(21-22-36(37)44)30-17-18-31-26-33(20-19-29(31)25-30)42-46-41(28-11-6-5-7-12-28)47-43(48-42)35-14-10-16-39-40(35)34-13-8-9-15-38(34)49-39/h5-22,25-27,43H,23-24H2,1-4H3,(H,46,47,48). The van der Waals surface area contributed by atoms with Gasteiger partial charge in [-0.25, -0.2) is 9.98 Å². The number of furan rings is 1. The summed E-state index contributed by atoms with van der Waals surface area (Å²) in [6.07, 6.45) is 1.99. The fourth-order valence-corrected chi connectivity index (χ4v) is 7.84. The first-order valence-corrected chi connectivity index (χ1v) is 17.3. The minimum atomic E-state index is -0.438. The summed E-state index contributed by atoms with van der Waals surface area (Å²) < 4.78 is 6.23. The van der Waals surface area contributed by atoms with Gasteiger partial charge in [-0.15, -0.1) is 0 Å². The van der Waals surface area contributed by atoms with Crippen molar-refractivity contribution in [2.45, 2.75) is 57.5 Å². The van der Waals surface area contributed by atoms with Crippen LogP contribution in [-0.4, -0.2) is 11.7 Å². The molecular formula is C45H39N3O. The topological polar surface area (TPSA) is 49.9 Å². The van der Waals surface area contributed by atoms with Crippen LogP contribution in [0.5, 0.6) is 0 Å². The van der Waals surface area contributed by atoms with Gasteiger partial charge in [-0.05, 0) is 81.0 Å². The van der Waals surface area contributed by atoms with Gasteiger partial charge in [0.15, 0.2) is 6.17 Å². The van der Waals surface area contributed by atoms with Crippen molar-refractivity contribution in [1.82, 2.24) is 5.32 Å². The molecule has 4 nitrogen and oxygen atoms in total. The molecule has 1 atom stereocenters. The van der Waals surface area contributed by atoms with Gasteiger partial charge in [0.1, 0.15) is 22.8 Å². The van der Waals surface area contributed by atoms with E-state index in [1.807, 2.05) is 42.5 Å². The molecule has 0 saturated heterocycles. The first-order chi connectivity index (χ1) is 23.7. The van der Waals surface area contributed by atoms with Gasteiger partial charge in [-0.2, -0.15) is 0 Å². The average molecular weight is 638 g/mol. The predicted molar refractivity (Wildman–Crippen MR) is 204 cm³/mol. The molecule has 0 bridgehead atoms. The lowest BCUT2D eigenvalue weighted by Gasteiger charge is -2.42. The highest BCUT2D eigenvalue weighted by molar-refractivity contribution is 6.17. The molecule has 4 heteroatoms. The lowest BCUT2D eigenvalue weighted by molar-refractivity contribution is 0.332. The van der Waals surface area contributed by atoms with E-state index >= 15 is 0 Å². The van der Waals surface area contributed by atoms with E-state index in [2.05, 4.69) is 118 Å². The van der Waals surface area contributed by atoms with Crippen molar-refractivity contribution in [3.05, 3.63) is 155 Å². The van der Waals surface area contributed by atoms with Crippen LogP contribution < -0.4 is 5.32 Å². The van der Waals surface area contributed by atoms with E-state index in [4.69, 9.17) is 14.4 Å². The molecule has 0 spiro atoms. The second-order valence-corrected chi connectivity index (χ2v) is 14.9. The third-order valence-electron chi connectivity index (χ3n) is 10.8. The van der Waals surface area contributed by atoms with Crippen molar-refractivity contribution >= 4 is 44.4 Å². The largest absolute Gasteiger partial charge is 0.456 e. The number of rotatable bonds is 4. The molecule has 0 saturated carbocycles. The SMILES string of the molecule is CC1(C)CCC(C)(C)c2cc(-c3ccc4cc(C5=NC(c6cccc7oc8ccccc8c67)N=C(c6ccccc6)N5)ccc4c3)ccc21. The molecule has 0 amide bonds. The maximum atomic E-state index is 6.23. The Bertz CT molecular complexity index is 2480. The molecule has 1 aromatic heterocycles. The van der Waals surface area contributed by atoms with Gasteiger partial charge in [0.05, 0.1) is 0 Å². The van der Waals surface area contributed by atoms with Gasteiger partial charge in [0, 0.05) is 27.5 Å². The van der Waals surface area contributed by atoms with Crippen LogP contribution in [0.2, 0.25) is 0 Å². The number of fused-ring (bicyclic) bond motifs is 5. The van der Waals surface area contributed by atoms with Crippen molar-refractivity contribution in [3.8, 4) is 11.1 Å². The quantitative estimate of drug-likeness (QED) is 0.209. The average Bonchev–Trinajstić information content (AvgIpc) is 3.52. The molecule has 1 N–H and O–H groups in total. The van der Waals surface area contributed by atoms with E-state index in [9.17, 15) is 0 Å². The minimum Gasteiger partial charge on any atom is -0.456 e. The van der Waals surface area contributed by atoms with E-state index < -0.39 is 6.17 Å². The number of para-hydroxylation sites is 1. The predicted octanol–water partition coefficient (Wildman–Crippen LogP) is 11.3. The summed E-state index contributed by atoms with van der Waals surface area (Å²) in [5, 5.41) is 8.10. The van der Waals surface area contributed by atoms with Crippen molar-refractivity contribution in [3.63, 3.8) is 0 Å². The molecule has 6 aromatic carbocycles. The molecule has 2 heterocycles. The summed E-state index contributed by atoms with van der Waals surface area (Å²) in [6, 6.07) is 45.3. The molecule has 240 valence electrons. The Kier molecular flexibility index (Phi) is 6.67. The third kappa shape index (κ3) is 5.05. The number of hydrogen-bond acceptors (Lipinski definition) is 4. The van der Waals surface area contributed by atoms with Crippen LogP contribution in [0, 0.1) is 0 Å². The first-order valence-electron chi connectivity index (χ1n) is 17.3. The fourth-order valence-electron chi connectivity index (χ4n) is 7.84. The Hall–Kier alpha value is -5.48. The van der Waals surface area contributed by atoms with Gasteiger partial charge < -0.3 is 9.73 Å². The summed E-state index contributed by atoms with van der Waals surface area (Å²) in [4.78, 5) is 10.4. The summed E-state index contributed by atoms with van der Waals surface area (Å²) in [5.41, 5.74) is 10.7. The van der Waals surface area contributed by atoms with Gasteiger partial charge in [0.25, 0.3) is 0 Å². The second kappa shape index (κ2) is 11.0. The van der Waals surface area contributed by atoms with E-state index in [1.165, 1.54) is 45.9 Å². The summed E-state index contributed by atoms with van der Waals surface area (Å²) >= 11 is 0. The summed E-state index contributed by atoms with van der Waals surface area (Å²) in [5.74, 6) is 1.60. The Labute approximate surface area is 287 Å². The normalized spacial score (nSPS) is 18.2. The number of benzene rings is 6. The second-order valence-electron chi connectivity index (χ2n) is 14.9. The number of nitrogens with one attached hydrogen (secondary N) is 1. The zero-order valence-electron chi connectivity index (χ0n) is 28.4. The van der Waals surface area contributed by atoms with Gasteiger partial charge >= 0.3 is 0 Å². The van der Waals surface area contributed by atoms with Crippen LogP contribution in [-0.2, 0) is 10.8 Å². The van der Waals surface area contributed by atoms with Crippen LogP contribution in [0.3, 0.4) is 0 Å². The molecule has 1 unspecified atom stereocenters.